The minimum Gasteiger partial charge on any atom is -0.347 e. The average molecular weight is 263 g/mol. The number of aryl methyl sites for hydroxylation is 2. The van der Waals surface area contributed by atoms with Gasteiger partial charge < -0.3 is 4.57 Å². The predicted molar refractivity (Wildman–Crippen MR) is 84.2 cm³/mol. The van der Waals surface area contributed by atoms with Gasteiger partial charge in [0.05, 0.1) is 0 Å². The van der Waals surface area contributed by atoms with E-state index in [4.69, 9.17) is 0 Å². The molecule has 20 heavy (non-hydrogen) atoms. The Morgan fingerprint density at radius 3 is 2.55 bits per heavy atom. The van der Waals surface area contributed by atoms with Crippen molar-refractivity contribution in [2.24, 2.45) is 7.05 Å². The molecule has 2 aromatic heterocycles. The maximum atomic E-state index is 2.29. The van der Waals surface area contributed by atoms with Crippen molar-refractivity contribution < 1.29 is 4.57 Å². The fraction of sp³-hybridized carbons (Fsp3) is 0.167. The highest BCUT2D eigenvalue weighted by Crippen LogP contribution is 2.23. The number of para-hydroxylation sites is 1. The second-order valence-corrected chi connectivity index (χ2v) is 5.02. The molecular formula is C18H19N2+. The molecule has 0 spiro atoms. The van der Waals surface area contributed by atoms with Gasteiger partial charge >= 0.3 is 0 Å². The molecule has 2 heterocycles. The van der Waals surface area contributed by atoms with Crippen molar-refractivity contribution in [1.29, 1.82) is 0 Å². The van der Waals surface area contributed by atoms with E-state index in [0.717, 1.165) is 6.54 Å². The molecule has 2 heteroatoms. The Balaban J connectivity index is 2.00. The van der Waals surface area contributed by atoms with Gasteiger partial charge in [-0.25, -0.2) is 4.57 Å². The molecule has 100 valence electrons. The summed E-state index contributed by atoms with van der Waals surface area (Å²) in [5.74, 6) is 0. The van der Waals surface area contributed by atoms with E-state index < -0.39 is 0 Å². The van der Waals surface area contributed by atoms with Crippen LogP contribution < -0.4 is 4.57 Å². The molecule has 0 radical (unpaired) electrons. The zero-order valence-corrected chi connectivity index (χ0v) is 12.0. The van der Waals surface area contributed by atoms with Crippen LogP contribution >= 0.6 is 0 Å². The lowest BCUT2D eigenvalue weighted by atomic mass is 10.1. The van der Waals surface area contributed by atoms with Gasteiger partial charge in [0.1, 0.15) is 7.05 Å². The molecule has 0 atom stereocenters. The summed E-state index contributed by atoms with van der Waals surface area (Å²) in [6.45, 7) is 3.17. The van der Waals surface area contributed by atoms with Crippen LogP contribution in [0.4, 0.5) is 0 Å². The summed E-state index contributed by atoms with van der Waals surface area (Å²) < 4.78 is 4.33. The largest absolute Gasteiger partial charge is 0.347 e. The number of rotatable bonds is 3. The lowest BCUT2D eigenvalue weighted by Crippen LogP contribution is -2.25. The summed E-state index contributed by atoms with van der Waals surface area (Å²) in [5.41, 5.74) is 3.79. The van der Waals surface area contributed by atoms with Crippen LogP contribution in [0.5, 0.6) is 0 Å². The first-order valence-corrected chi connectivity index (χ1v) is 6.99. The van der Waals surface area contributed by atoms with Gasteiger partial charge in [-0.3, -0.25) is 0 Å². The van der Waals surface area contributed by atoms with Crippen molar-refractivity contribution in [2.75, 3.05) is 0 Å². The second kappa shape index (κ2) is 5.33. The highest BCUT2D eigenvalue weighted by molar-refractivity contribution is 5.92. The summed E-state index contributed by atoms with van der Waals surface area (Å²) in [4.78, 5) is 0. The Labute approximate surface area is 119 Å². The maximum absolute atomic E-state index is 2.29. The number of aromatic nitrogens is 2. The van der Waals surface area contributed by atoms with Crippen molar-refractivity contribution in [3.05, 3.63) is 66.1 Å². The number of benzene rings is 1. The van der Waals surface area contributed by atoms with Gasteiger partial charge in [-0.1, -0.05) is 30.4 Å². The van der Waals surface area contributed by atoms with Gasteiger partial charge in [0.15, 0.2) is 12.4 Å². The van der Waals surface area contributed by atoms with E-state index in [2.05, 4.69) is 78.6 Å². The molecular weight excluding hydrogens is 244 g/mol. The average Bonchev–Trinajstić information content (AvgIpc) is 2.85. The first-order valence-electron chi connectivity index (χ1n) is 6.99. The molecule has 2 nitrogen and oxygen atoms in total. The third-order valence-corrected chi connectivity index (χ3v) is 3.62. The molecule has 0 fully saturated rings. The molecule has 0 aliphatic carbocycles. The van der Waals surface area contributed by atoms with E-state index in [1.54, 1.807) is 0 Å². The number of hydrogen-bond donors (Lipinski definition) is 0. The normalized spacial score (nSPS) is 11.5. The smallest absolute Gasteiger partial charge is 0.169 e. The molecule has 3 rings (SSSR count). The summed E-state index contributed by atoms with van der Waals surface area (Å²) in [6.07, 6.45) is 10.7. The van der Waals surface area contributed by atoms with Crippen molar-refractivity contribution in [3.8, 4) is 0 Å². The number of pyridine rings is 1. The summed E-state index contributed by atoms with van der Waals surface area (Å²) in [6, 6.07) is 12.8. The van der Waals surface area contributed by atoms with Crippen LogP contribution in [0.1, 0.15) is 18.1 Å². The van der Waals surface area contributed by atoms with Gasteiger partial charge in [-0.15, -0.1) is 0 Å². The first-order chi connectivity index (χ1) is 9.78. The molecule has 0 saturated heterocycles. The van der Waals surface area contributed by atoms with Crippen LogP contribution in [0.25, 0.3) is 23.1 Å². The fourth-order valence-electron chi connectivity index (χ4n) is 2.48. The van der Waals surface area contributed by atoms with Crippen molar-refractivity contribution in [2.45, 2.75) is 13.5 Å². The minimum absolute atomic E-state index is 0.996. The topological polar surface area (TPSA) is 8.81 Å². The standard InChI is InChI=1S/C18H19N2/c1-3-20-14-16(17-6-4-5-7-18(17)20)9-8-15-10-12-19(2)13-11-15/h4-14H,3H2,1-2H3/q+1. The van der Waals surface area contributed by atoms with Crippen molar-refractivity contribution in [1.82, 2.24) is 4.57 Å². The number of hydrogen-bond acceptors (Lipinski definition) is 0. The van der Waals surface area contributed by atoms with E-state index in [-0.39, 0.29) is 0 Å². The van der Waals surface area contributed by atoms with E-state index in [1.165, 1.54) is 22.0 Å². The lowest BCUT2D eigenvalue weighted by molar-refractivity contribution is -0.671. The van der Waals surface area contributed by atoms with Crippen LogP contribution in [-0.4, -0.2) is 4.57 Å². The lowest BCUT2D eigenvalue weighted by Gasteiger charge is -1.97. The molecule has 0 amide bonds. The minimum atomic E-state index is 0.996. The SMILES string of the molecule is CCn1cc(/C=C/c2cc[n+](C)cc2)c2ccccc21. The Morgan fingerprint density at radius 1 is 1.05 bits per heavy atom. The third kappa shape index (κ3) is 2.37. The van der Waals surface area contributed by atoms with E-state index in [9.17, 15) is 0 Å². The Bertz CT molecular complexity index is 749. The number of fused-ring (bicyclic) bond motifs is 1. The van der Waals surface area contributed by atoms with Gasteiger partial charge in [-0.2, -0.15) is 0 Å². The highest BCUT2D eigenvalue weighted by Gasteiger charge is 2.04. The van der Waals surface area contributed by atoms with E-state index in [0.29, 0.717) is 0 Å². The van der Waals surface area contributed by atoms with Crippen LogP contribution in [0, 0.1) is 0 Å². The molecule has 0 bridgehead atoms. The van der Waals surface area contributed by atoms with Gasteiger partial charge in [0.25, 0.3) is 0 Å². The Kier molecular flexibility index (Phi) is 3.38. The molecule has 0 saturated carbocycles. The molecule has 0 aliphatic rings. The van der Waals surface area contributed by atoms with Gasteiger partial charge in [0, 0.05) is 35.8 Å². The van der Waals surface area contributed by atoms with Crippen molar-refractivity contribution >= 4 is 23.1 Å². The second-order valence-electron chi connectivity index (χ2n) is 5.02. The fourth-order valence-corrected chi connectivity index (χ4v) is 2.48. The zero-order valence-electron chi connectivity index (χ0n) is 12.0. The Hall–Kier alpha value is -2.35. The predicted octanol–water partition coefficient (Wildman–Crippen LogP) is 3.66. The van der Waals surface area contributed by atoms with Crippen molar-refractivity contribution in [3.63, 3.8) is 0 Å². The third-order valence-electron chi connectivity index (χ3n) is 3.62. The Morgan fingerprint density at radius 2 is 1.80 bits per heavy atom. The zero-order chi connectivity index (χ0) is 13.9. The summed E-state index contributed by atoms with van der Waals surface area (Å²) in [5, 5.41) is 1.31. The van der Waals surface area contributed by atoms with E-state index >= 15 is 0 Å². The number of nitrogens with zero attached hydrogens (tertiary/aromatic N) is 2. The highest BCUT2D eigenvalue weighted by atomic mass is 14.9. The molecule has 0 N–H and O–H groups in total. The first kappa shape index (κ1) is 12.7. The van der Waals surface area contributed by atoms with Gasteiger partial charge in [-0.05, 0) is 24.1 Å². The van der Waals surface area contributed by atoms with Crippen LogP contribution in [-0.2, 0) is 13.6 Å². The summed E-state index contributed by atoms with van der Waals surface area (Å²) in [7, 11) is 2.03. The van der Waals surface area contributed by atoms with E-state index in [1.807, 2.05) is 11.6 Å². The van der Waals surface area contributed by atoms with Gasteiger partial charge in [0.2, 0.25) is 0 Å². The maximum Gasteiger partial charge on any atom is 0.169 e. The van der Waals surface area contributed by atoms with Crippen LogP contribution in [0.15, 0.2) is 55.0 Å². The van der Waals surface area contributed by atoms with Crippen LogP contribution in [0.2, 0.25) is 0 Å². The van der Waals surface area contributed by atoms with Crippen LogP contribution in [0.3, 0.4) is 0 Å². The quantitative estimate of drug-likeness (QED) is 0.638. The molecule has 0 aliphatic heterocycles. The molecule has 3 aromatic rings. The molecule has 1 aromatic carbocycles. The summed E-state index contributed by atoms with van der Waals surface area (Å²) >= 11 is 0. The monoisotopic (exact) mass is 263 g/mol. The molecule has 0 unspecified atom stereocenters.